The van der Waals surface area contributed by atoms with Gasteiger partial charge in [0.1, 0.15) is 5.82 Å². The van der Waals surface area contributed by atoms with Gasteiger partial charge in [0.25, 0.3) is 5.91 Å². The zero-order valence-electron chi connectivity index (χ0n) is 10.2. The van der Waals surface area contributed by atoms with Gasteiger partial charge in [-0.3, -0.25) is 4.79 Å². The second-order valence-corrected chi connectivity index (χ2v) is 4.41. The molecule has 0 aliphatic carbocycles. The fraction of sp³-hybridized carbons (Fsp3) is 0.0625. The fourth-order valence-electron chi connectivity index (χ4n) is 2.29. The molecule has 1 N–H and O–H groups in total. The Bertz CT molecular complexity index is 644. The third-order valence-corrected chi connectivity index (χ3v) is 3.21. The molecule has 0 saturated carbocycles. The van der Waals surface area contributed by atoms with Crippen LogP contribution in [0.25, 0.3) is 11.1 Å². The molecule has 3 heteroatoms. The Morgan fingerprint density at radius 3 is 2.26 bits per heavy atom. The van der Waals surface area contributed by atoms with Gasteiger partial charge in [0.05, 0.1) is 5.57 Å². The van der Waals surface area contributed by atoms with Gasteiger partial charge in [0, 0.05) is 6.54 Å². The summed E-state index contributed by atoms with van der Waals surface area (Å²) in [4.78, 5) is 12.0. The van der Waals surface area contributed by atoms with E-state index in [1.54, 1.807) is 12.1 Å². The molecular weight excluding hydrogens is 241 g/mol. The molecule has 1 amide bonds. The quantitative estimate of drug-likeness (QED) is 0.876. The Morgan fingerprint density at radius 2 is 1.58 bits per heavy atom. The van der Waals surface area contributed by atoms with Gasteiger partial charge in [-0.2, -0.15) is 0 Å². The molecule has 0 saturated heterocycles. The summed E-state index contributed by atoms with van der Waals surface area (Å²) in [5, 5.41) is 2.82. The van der Waals surface area contributed by atoms with E-state index >= 15 is 0 Å². The van der Waals surface area contributed by atoms with E-state index in [4.69, 9.17) is 0 Å². The highest BCUT2D eigenvalue weighted by atomic mass is 19.1. The zero-order chi connectivity index (χ0) is 13.2. The van der Waals surface area contributed by atoms with Crippen molar-refractivity contribution in [2.75, 3.05) is 6.54 Å². The van der Waals surface area contributed by atoms with Crippen LogP contribution in [0.5, 0.6) is 0 Å². The largest absolute Gasteiger partial charge is 0.348 e. The molecule has 3 rings (SSSR count). The van der Waals surface area contributed by atoms with Gasteiger partial charge in [-0.15, -0.1) is 0 Å². The van der Waals surface area contributed by atoms with Crippen molar-refractivity contribution in [3.8, 4) is 0 Å². The van der Waals surface area contributed by atoms with Crippen LogP contribution in [0.15, 0.2) is 54.6 Å². The minimum absolute atomic E-state index is 0.0782. The first-order valence-corrected chi connectivity index (χ1v) is 6.08. The van der Waals surface area contributed by atoms with E-state index in [0.29, 0.717) is 12.1 Å². The number of carbonyl (C=O) groups excluding carboxylic acids is 1. The van der Waals surface area contributed by atoms with Crippen molar-refractivity contribution < 1.29 is 9.18 Å². The number of amides is 1. The van der Waals surface area contributed by atoms with Crippen molar-refractivity contribution in [2.24, 2.45) is 0 Å². The third-order valence-electron chi connectivity index (χ3n) is 3.21. The number of carbonyl (C=O) groups is 1. The first kappa shape index (κ1) is 11.7. The number of hydrogen-bond donors (Lipinski definition) is 1. The van der Waals surface area contributed by atoms with Gasteiger partial charge < -0.3 is 5.32 Å². The van der Waals surface area contributed by atoms with E-state index in [1.165, 1.54) is 12.1 Å². The van der Waals surface area contributed by atoms with E-state index in [1.807, 2.05) is 30.3 Å². The average Bonchev–Trinajstić information content (AvgIpc) is 2.82. The van der Waals surface area contributed by atoms with E-state index in [9.17, 15) is 9.18 Å². The SMILES string of the molecule is O=C1NCC(c2ccc(F)cc2)=C1c1ccccc1. The first-order chi connectivity index (χ1) is 9.25. The standard InChI is InChI=1S/C16H12FNO/c17-13-8-6-11(7-9-13)14-10-18-16(19)15(14)12-4-2-1-3-5-12/h1-9H,10H2,(H,18,19). The fourth-order valence-corrected chi connectivity index (χ4v) is 2.29. The Labute approximate surface area is 110 Å². The molecule has 0 spiro atoms. The molecule has 0 atom stereocenters. The van der Waals surface area contributed by atoms with Crippen molar-refractivity contribution in [3.63, 3.8) is 0 Å². The van der Waals surface area contributed by atoms with Crippen LogP contribution in [-0.4, -0.2) is 12.5 Å². The second kappa shape index (κ2) is 4.69. The molecule has 0 radical (unpaired) electrons. The smallest absolute Gasteiger partial charge is 0.252 e. The molecule has 19 heavy (non-hydrogen) atoms. The molecule has 2 aromatic carbocycles. The van der Waals surface area contributed by atoms with Crippen LogP contribution in [0.3, 0.4) is 0 Å². The molecule has 1 aliphatic rings. The monoisotopic (exact) mass is 253 g/mol. The van der Waals surface area contributed by atoms with Crippen LogP contribution in [0.1, 0.15) is 11.1 Å². The summed E-state index contributed by atoms with van der Waals surface area (Å²) in [5.74, 6) is -0.353. The van der Waals surface area contributed by atoms with E-state index in [2.05, 4.69) is 5.32 Å². The Hall–Kier alpha value is -2.42. The zero-order valence-corrected chi connectivity index (χ0v) is 10.2. The summed E-state index contributed by atoms with van der Waals surface area (Å²) in [5.41, 5.74) is 3.35. The maximum Gasteiger partial charge on any atom is 0.252 e. The number of halogens is 1. The molecule has 1 aliphatic heterocycles. The summed E-state index contributed by atoms with van der Waals surface area (Å²) >= 11 is 0. The number of nitrogens with one attached hydrogen (secondary N) is 1. The Morgan fingerprint density at radius 1 is 0.895 bits per heavy atom. The van der Waals surface area contributed by atoms with E-state index in [0.717, 1.165) is 16.7 Å². The lowest BCUT2D eigenvalue weighted by Gasteiger charge is -2.05. The Kier molecular flexibility index (Phi) is 2.88. The van der Waals surface area contributed by atoms with E-state index < -0.39 is 0 Å². The predicted octanol–water partition coefficient (Wildman–Crippen LogP) is 2.87. The normalized spacial score (nSPS) is 14.7. The molecule has 2 nitrogen and oxygen atoms in total. The highest BCUT2D eigenvalue weighted by Crippen LogP contribution is 2.29. The highest BCUT2D eigenvalue weighted by Gasteiger charge is 2.24. The second-order valence-electron chi connectivity index (χ2n) is 4.41. The van der Waals surface area contributed by atoms with Crippen molar-refractivity contribution >= 4 is 17.1 Å². The van der Waals surface area contributed by atoms with Gasteiger partial charge in [-0.25, -0.2) is 4.39 Å². The number of rotatable bonds is 2. The third kappa shape index (κ3) is 2.15. The van der Waals surface area contributed by atoms with E-state index in [-0.39, 0.29) is 11.7 Å². The summed E-state index contributed by atoms with van der Waals surface area (Å²) in [7, 11) is 0. The van der Waals surface area contributed by atoms with Gasteiger partial charge in [0.2, 0.25) is 0 Å². The molecule has 2 aromatic rings. The van der Waals surface area contributed by atoms with Crippen LogP contribution in [0.4, 0.5) is 4.39 Å². The lowest BCUT2D eigenvalue weighted by molar-refractivity contribution is -0.114. The van der Waals surface area contributed by atoms with Crippen molar-refractivity contribution in [1.29, 1.82) is 0 Å². The maximum atomic E-state index is 13.0. The minimum Gasteiger partial charge on any atom is -0.348 e. The topological polar surface area (TPSA) is 29.1 Å². The maximum absolute atomic E-state index is 13.0. The summed E-state index contributed by atoms with van der Waals surface area (Å²) < 4.78 is 13.0. The lowest BCUT2D eigenvalue weighted by atomic mass is 9.97. The van der Waals surface area contributed by atoms with Crippen molar-refractivity contribution in [1.82, 2.24) is 5.32 Å². The van der Waals surface area contributed by atoms with Gasteiger partial charge >= 0.3 is 0 Å². The van der Waals surface area contributed by atoms with Gasteiger partial charge in [-0.05, 0) is 28.8 Å². The van der Waals surface area contributed by atoms with Gasteiger partial charge in [0.15, 0.2) is 0 Å². The molecular formula is C16H12FNO. The van der Waals surface area contributed by atoms with Crippen molar-refractivity contribution in [3.05, 3.63) is 71.5 Å². The summed E-state index contributed by atoms with van der Waals surface area (Å²) in [6.07, 6.45) is 0. The molecule has 0 bridgehead atoms. The molecule has 94 valence electrons. The van der Waals surface area contributed by atoms with Crippen LogP contribution < -0.4 is 5.32 Å². The average molecular weight is 253 g/mol. The molecule has 0 unspecified atom stereocenters. The van der Waals surface area contributed by atoms with Crippen LogP contribution in [0, 0.1) is 5.82 Å². The highest BCUT2D eigenvalue weighted by molar-refractivity contribution is 6.30. The molecule has 0 aromatic heterocycles. The van der Waals surface area contributed by atoms with Crippen LogP contribution in [0.2, 0.25) is 0 Å². The predicted molar refractivity (Wildman–Crippen MR) is 72.7 cm³/mol. The first-order valence-electron chi connectivity index (χ1n) is 6.08. The number of hydrogen-bond acceptors (Lipinski definition) is 1. The molecule has 1 heterocycles. The molecule has 0 fully saturated rings. The van der Waals surface area contributed by atoms with Crippen molar-refractivity contribution in [2.45, 2.75) is 0 Å². The Balaban J connectivity index is 2.13. The minimum atomic E-state index is -0.275. The lowest BCUT2D eigenvalue weighted by Crippen LogP contribution is -2.16. The number of benzene rings is 2. The van der Waals surface area contributed by atoms with Crippen LogP contribution in [-0.2, 0) is 4.79 Å². The summed E-state index contributed by atoms with van der Waals surface area (Å²) in [6, 6.07) is 15.7. The van der Waals surface area contributed by atoms with Crippen LogP contribution >= 0.6 is 0 Å². The van der Waals surface area contributed by atoms with Gasteiger partial charge in [-0.1, -0.05) is 42.5 Å². The summed E-state index contributed by atoms with van der Waals surface area (Å²) in [6.45, 7) is 0.481.